The highest BCUT2D eigenvalue weighted by molar-refractivity contribution is 5.17. The van der Waals surface area contributed by atoms with Gasteiger partial charge in [-0.05, 0) is 31.0 Å². The summed E-state index contributed by atoms with van der Waals surface area (Å²) in [6, 6.07) is 6.44. The Balaban J connectivity index is 2.55. The predicted molar refractivity (Wildman–Crippen MR) is 51.1 cm³/mol. The quantitative estimate of drug-likeness (QED) is 0.694. The molecular weight excluding hydrogens is 167 g/mol. The molecule has 0 spiro atoms. The first kappa shape index (κ1) is 10.2. The van der Waals surface area contributed by atoms with Gasteiger partial charge in [-0.15, -0.1) is 0 Å². The molecule has 0 heterocycles. The molecule has 0 aromatic heterocycles. The molecule has 1 nitrogen and oxygen atoms in total. The number of benzene rings is 1. The van der Waals surface area contributed by atoms with Crippen molar-refractivity contribution in [3.05, 3.63) is 35.6 Å². The van der Waals surface area contributed by atoms with Crippen molar-refractivity contribution in [1.29, 1.82) is 0 Å². The number of ether oxygens (including phenoxy) is 1. The number of hydrogen-bond donors (Lipinski definition) is 0. The number of hydrogen-bond acceptors (Lipinski definition) is 1. The standard InChI is InChI=1S/C11H15FO/c1-3-8-13-9(2)10-4-6-11(12)7-5-10/h4-7,9H,3,8H2,1-2H3/t9-/m0/s1. The third kappa shape index (κ3) is 3.15. The lowest BCUT2D eigenvalue weighted by Crippen LogP contribution is -2.00. The molecule has 0 saturated carbocycles. The Morgan fingerprint density at radius 1 is 1.31 bits per heavy atom. The van der Waals surface area contributed by atoms with Gasteiger partial charge in [0.05, 0.1) is 6.10 Å². The predicted octanol–water partition coefficient (Wildman–Crippen LogP) is 3.31. The van der Waals surface area contributed by atoms with Crippen LogP contribution in [-0.4, -0.2) is 6.61 Å². The van der Waals surface area contributed by atoms with Crippen LogP contribution in [0.2, 0.25) is 0 Å². The van der Waals surface area contributed by atoms with Crippen molar-refractivity contribution >= 4 is 0 Å². The zero-order chi connectivity index (χ0) is 9.68. The molecule has 13 heavy (non-hydrogen) atoms. The molecule has 0 bridgehead atoms. The molecule has 0 aliphatic rings. The lowest BCUT2D eigenvalue weighted by Gasteiger charge is -2.12. The molecule has 1 atom stereocenters. The average Bonchev–Trinajstić information content (AvgIpc) is 2.15. The molecule has 2 heteroatoms. The van der Waals surface area contributed by atoms with Crippen LogP contribution >= 0.6 is 0 Å². The van der Waals surface area contributed by atoms with Crippen LogP contribution in [-0.2, 0) is 4.74 Å². The summed E-state index contributed by atoms with van der Waals surface area (Å²) in [6.45, 7) is 4.79. The summed E-state index contributed by atoms with van der Waals surface area (Å²) in [5, 5.41) is 0. The topological polar surface area (TPSA) is 9.23 Å². The average molecular weight is 182 g/mol. The molecular formula is C11H15FO. The van der Waals surface area contributed by atoms with Crippen molar-refractivity contribution in [2.45, 2.75) is 26.4 Å². The Hall–Kier alpha value is -0.890. The van der Waals surface area contributed by atoms with E-state index in [0.717, 1.165) is 18.6 Å². The Morgan fingerprint density at radius 2 is 1.92 bits per heavy atom. The Kier molecular flexibility index (Phi) is 3.90. The molecule has 0 aliphatic carbocycles. The van der Waals surface area contributed by atoms with Crippen molar-refractivity contribution in [3.8, 4) is 0 Å². The normalized spacial score (nSPS) is 12.8. The van der Waals surface area contributed by atoms with E-state index < -0.39 is 0 Å². The summed E-state index contributed by atoms with van der Waals surface area (Å²) in [6.07, 6.45) is 1.06. The van der Waals surface area contributed by atoms with Crippen LogP contribution in [0.4, 0.5) is 4.39 Å². The zero-order valence-corrected chi connectivity index (χ0v) is 8.09. The zero-order valence-electron chi connectivity index (χ0n) is 8.09. The highest BCUT2D eigenvalue weighted by Crippen LogP contribution is 2.16. The van der Waals surface area contributed by atoms with E-state index in [1.165, 1.54) is 12.1 Å². The fourth-order valence-electron chi connectivity index (χ4n) is 1.12. The first-order chi connectivity index (χ1) is 6.24. The van der Waals surface area contributed by atoms with Gasteiger partial charge >= 0.3 is 0 Å². The van der Waals surface area contributed by atoms with Crippen LogP contribution in [0, 0.1) is 5.82 Å². The molecule has 0 N–H and O–H groups in total. The molecule has 0 unspecified atom stereocenters. The maximum absolute atomic E-state index is 12.6. The number of halogens is 1. The highest BCUT2D eigenvalue weighted by atomic mass is 19.1. The van der Waals surface area contributed by atoms with Gasteiger partial charge in [-0.1, -0.05) is 19.1 Å². The van der Waals surface area contributed by atoms with Gasteiger partial charge in [-0.25, -0.2) is 4.39 Å². The Bertz CT molecular complexity index is 243. The molecule has 72 valence electrons. The van der Waals surface area contributed by atoms with Gasteiger partial charge in [0.15, 0.2) is 0 Å². The summed E-state index contributed by atoms with van der Waals surface area (Å²) in [5.74, 6) is -0.202. The SMILES string of the molecule is CCCO[C@@H](C)c1ccc(F)cc1. The summed E-state index contributed by atoms with van der Waals surface area (Å²) in [5.41, 5.74) is 1.02. The maximum Gasteiger partial charge on any atom is 0.123 e. The fraction of sp³-hybridized carbons (Fsp3) is 0.455. The van der Waals surface area contributed by atoms with Crippen molar-refractivity contribution < 1.29 is 9.13 Å². The monoisotopic (exact) mass is 182 g/mol. The van der Waals surface area contributed by atoms with Crippen LogP contribution in [0.3, 0.4) is 0 Å². The molecule has 0 aliphatic heterocycles. The van der Waals surface area contributed by atoms with E-state index in [-0.39, 0.29) is 11.9 Å². The van der Waals surface area contributed by atoms with Gasteiger partial charge in [0.1, 0.15) is 5.82 Å². The van der Waals surface area contributed by atoms with Crippen LogP contribution in [0.1, 0.15) is 31.9 Å². The van der Waals surface area contributed by atoms with Crippen molar-refractivity contribution in [2.24, 2.45) is 0 Å². The lowest BCUT2D eigenvalue weighted by atomic mass is 10.1. The van der Waals surface area contributed by atoms with Gasteiger partial charge in [0.2, 0.25) is 0 Å². The minimum Gasteiger partial charge on any atom is -0.374 e. The van der Waals surface area contributed by atoms with Crippen LogP contribution < -0.4 is 0 Å². The van der Waals surface area contributed by atoms with Crippen LogP contribution in [0.5, 0.6) is 0 Å². The minimum atomic E-state index is -0.202. The molecule has 1 aromatic rings. The van der Waals surface area contributed by atoms with E-state index in [1.54, 1.807) is 12.1 Å². The van der Waals surface area contributed by atoms with Crippen molar-refractivity contribution in [1.82, 2.24) is 0 Å². The van der Waals surface area contributed by atoms with Gasteiger partial charge in [-0.3, -0.25) is 0 Å². The summed E-state index contributed by atoms with van der Waals surface area (Å²) >= 11 is 0. The molecule has 0 fully saturated rings. The third-order valence-electron chi connectivity index (χ3n) is 1.91. The Labute approximate surface area is 78.5 Å². The van der Waals surface area contributed by atoms with E-state index in [0.29, 0.717) is 0 Å². The molecule has 1 aromatic carbocycles. The van der Waals surface area contributed by atoms with Crippen molar-refractivity contribution in [2.75, 3.05) is 6.61 Å². The molecule has 0 radical (unpaired) electrons. The van der Waals surface area contributed by atoms with E-state index in [4.69, 9.17) is 4.74 Å². The fourth-order valence-corrected chi connectivity index (χ4v) is 1.12. The molecule has 0 saturated heterocycles. The maximum atomic E-state index is 12.6. The highest BCUT2D eigenvalue weighted by Gasteiger charge is 2.04. The van der Waals surface area contributed by atoms with Crippen molar-refractivity contribution in [3.63, 3.8) is 0 Å². The van der Waals surface area contributed by atoms with E-state index in [9.17, 15) is 4.39 Å². The summed E-state index contributed by atoms with van der Waals surface area (Å²) < 4.78 is 18.1. The second-order valence-corrected chi connectivity index (χ2v) is 3.06. The largest absolute Gasteiger partial charge is 0.374 e. The van der Waals surface area contributed by atoms with E-state index in [1.807, 2.05) is 6.92 Å². The second kappa shape index (κ2) is 4.97. The van der Waals surface area contributed by atoms with Crippen LogP contribution in [0.15, 0.2) is 24.3 Å². The Morgan fingerprint density at radius 3 is 2.46 bits per heavy atom. The lowest BCUT2D eigenvalue weighted by molar-refractivity contribution is 0.0662. The van der Waals surface area contributed by atoms with Crippen LogP contribution in [0.25, 0.3) is 0 Å². The van der Waals surface area contributed by atoms with Gasteiger partial charge in [0, 0.05) is 6.61 Å². The van der Waals surface area contributed by atoms with Gasteiger partial charge in [0.25, 0.3) is 0 Å². The van der Waals surface area contributed by atoms with Gasteiger partial charge in [-0.2, -0.15) is 0 Å². The number of rotatable bonds is 4. The minimum absolute atomic E-state index is 0.0561. The first-order valence-electron chi connectivity index (χ1n) is 4.61. The summed E-state index contributed by atoms with van der Waals surface area (Å²) in [7, 11) is 0. The second-order valence-electron chi connectivity index (χ2n) is 3.06. The first-order valence-corrected chi connectivity index (χ1v) is 4.61. The molecule has 1 rings (SSSR count). The van der Waals surface area contributed by atoms with E-state index in [2.05, 4.69) is 6.92 Å². The molecule has 0 amide bonds. The smallest absolute Gasteiger partial charge is 0.123 e. The van der Waals surface area contributed by atoms with E-state index >= 15 is 0 Å². The summed E-state index contributed by atoms with van der Waals surface area (Å²) in [4.78, 5) is 0. The third-order valence-corrected chi connectivity index (χ3v) is 1.91. The van der Waals surface area contributed by atoms with Gasteiger partial charge < -0.3 is 4.74 Å².